The molecule has 1 unspecified atom stereocenters. The molecule has 0 aromatic heterocycles. The number of rotatable bonds is 3. The zero-order valence-electron chi connectivity index (χ0n) is 9.96. The first-order chi connectivity index (χ1) is 9.02. The van der Waals surface area contributed by atoms with E-state index in [1.54, 1.807) is 18.2 Å². The molecular weight excluding hydrogens is 354 g/mol. The molecule has 2 aromatic carbocycles. The van der Waals surface area contributed by atoms with Crippen LogP contribution in [0, 0.1) is 5.82 Å². The van der Waals surface area contributed by atoms with E-state index < -0.39 is 11.2 Å². The van der Waals surface area contributed by atoms with Gasteiger partial charge in [-0.2, -0.15) is 0 Å². The first-order valence-electron chi connectivity index (χ1n) is 5.45. The molecule has 2 aromatic rings. The summed E-state index contributed by atoms with van der Waals surface area (Å²) in [5.74, 6) is -0.233. The molecule has 1 nitrogen and oxygen atoms in total. The minimum absolute atomic E-state index is 0.199. The number of hydrogen-bond donors (Lipinski definition) is 0. The number of ether oxygens (including phenoxy) is 1. The number of alkyl halides is 1. The van der Waals surface area contributed by atoms with Gasteiger partial charge in [-0.05, 0) is 51.3 Å². The second kappa shape index (κ2) is 6.12. The number of halogens is 4. The van der Waals surface area contributed by atoms with Gasteiger partial charge in [-0.25, -0.2) is 4.39 Å². The van der Waals surface area contributed by atoms with Crippen LogP contribution in [-0.2, 0) is 0 Å². The monoisotopic (exact) mass is 362 g/mol. The molecule has 0 amide bonds. The molecule has 2 rings (SSSR count). The second-order valence-electron chi connectivity index (χ2n) is 3.93. The summed E-state index contributed by atoms with van der Waals surface area (Å²) < 4.78 is 19.3. The van der Waals surface area contributed by atoms with Crippen molar-refractivity contribution in [2.24, 2.45) is 0 Å². The zero-order valence-corrected chi connectivity index (χ0v) is 13.1. The van der Waals surface area contributed by atoms with Crippen LogP contribution in [0.15, 0.2) is 40.9 Å². The molecule has 0 spiro atoms. The van der Waals surface area contributed by atoms with Crippen LogP contribution >= 0.6 is 39.1 Å². The minimum Gasteiger partial charge on any atom is -0.494 e. The van der Waals surface area contributed by atoms with E-state index in [9.17, 15) is 4.39 Å². The molecule has 0 saturated heterocycles. The van der Waals surface area contributed by atoms with Crippen LogP contribution in [0.1, 0.15) is 16.5 Å². The molecule has 0 aliphatic heterocycles. The molecule has 0 N–H and O–H groups in total. The molecule has 19 heavy (non-hydrogen) atoms. The lowest BCUT2D eigenvalue weighted by Gasteiger charge is -2.12. The molecular formula is C14H10BrCl2FO. The first-order valence-corrected chi connectivity index (χ1v) is 7.06. The van der Waals surface area contributed by atoms with Gasteiger partial charge < -0.3 is 4.74 Å². The summed E-state index contributed by atoms with van der Waals surface area (Å²) in [6, 6.07) is 10.1. The maximum Gasteiger partial charge on any atom is 0.165 e. The van der Waals surface area contributed by atoms with Gasteiger partial charge in [-0.1, -0.05) is 23.7 Å². The van der Waals surface area contributed by atoms with Crippen molar-refractivity contribution in [1.29, 1.82) is 0 Å². The normalized spacial score (nSPS) is 12.3. The van der Waals surface area contributed by atoms with Crippen LogP contribution in [0.5, 0.6) is 5.75 Å². The van der Waals surface area contributed by atoms with E-state index in [0.29, 0.717) is 10.6 Å². The van der Waals surface area contributed by atoms with Crippen LogP contribution in [0.2, 0.25) is 5.02 Å². The second-order valence-corrected chi connectivity index (χ2v) is 5.63. The maximum atomic E-state index is 13.7. The Morgan fingerprint density at radius 3 is 2.37 bits per heavy atom. The Labute approximate surface area is 129 Å². The first kappa shape index (κ1) is 14.6. The van der Waals surface area contributed by atoms with E-state index in [4.69, 9.17) is 27.9 Å². The van der Waals surface area contributed by atoms with Crippen LogP contribution in [0.4, 0.5) is 4.39 Å². The van der Waals surface area contributed by atoms with Crippen molar-refractivity contribution in [2.75, 3.05) is 7.11 Å². The summed E-state index contributed by atoms with van der Waals surface area (Å²) in [6.07, 6.45) is 0. The van der Waals surface area contributed by atoms with E-state index in [-0.39, 0.29) is 5.75 Å². The van der Waals surface area contributed by atoms with E-state index in [2.05, 4.69) is 15.9 Å². The van der Waals surface area contributed by atoms with Crippen molar-refractivity contribution < 1.29 is 9.13 Å². The van der Waals surface area contributed by atoms with Gasteiger partial charge in [0.15, 0.2) is 11.6 Å². The highest BCUT2D eigenvalue weighted by Gasteiger charge is 2.14. The third kappa shape index (κ3) is 3.22. The van der Waals surface area contributed by atoms with Gasteiger partial charge in [0.1, 0.15) is 0 Å². The van der Waals surface area contributed by atoms with Crippen LogP contribution in [0.3, 0.4) is 0 Å². The Hall–Kier alpha value is -0.770. The average Bonchev–Trinajstić information content (AvgIpc) is 2.41. The van der Waals surface area contributed by atoms with Crippen LogP contribution < -0.4 is 4.74 Å². The standard InChI is InChI=1S/C14H10BrCl2FO/c1-19-13-5-3-9(7-12(13)18)14(17)8-2-4-11(16)10(15)6-8/h2-7,14H,1H3. The molecule has 0 radical (unpaired) electrons. The van der Waals surface area contributed by atoms with E-state index in [0.717, 1.165) is 10.0 Å². The quantitative estimate of drug-likeness (QED) is 0.647. The topological polar surface area (TPSA) is 9.23 Å². The van der Waals surface area contributed by atoms with Gasteiger partial charge in [0, 0.05) is 4.47 Å². The summed E-state index contributed by atoms with van der Waals surface area (Å²) >= 11 is 15.6. The largest absolute Gasteiger partial charge is 0.494 e. The predicted molar refractivity (Wildman–Crippen MR) is 79.8 cm³/mol. The van der Waals surface area contributed by atoms with Gasteiger partial charge in [0.2, 0.25) is 0 Å². The van der Waals surface area contributed by atoms with Crippen LogP contribution in [-0.4, -0.2) is 7.11 Å². The molecule has 0 bridgehead atoms. The maximum absolute atomic E-state index is 13.7. The summed E-state index contributed by atoms with van der Waals surface area (Å²) in [5.41, 5.74) is 1.50. The van der Waals surface area contributed by atoms with Crippen molar-refractivity contribution in [3.05, 3.63) is 62.8 Å². The molecule has 0 aliphatic carbocycles. The Morgan fingerprint density at radius 1 is 1.16 bits per heavy atom. The van der Waals surface area contributed by atoms with Gasteiger partial charge in [-0.15, -0.1) is 11.6 Å². The molecule has 100 valence electrons. The van der Waals surface area contributed by atoms with Crippen molar-refractivity contribution in [1.82, 2.24) is 0 Å². The lowest BCUT2D eigenvalue weighted by atomic mass is 10.0. The Balaban J connectivity index is 2.35. The van der Waals surface area contributed by atoms with Gasteiger partial charge in [-0.3, -0.25) is 0 Å². The molecule has 0 heterocycles. The van der Waals surface area contributed by atoms with Crippen molar-refractivity contribution >= 4 is 39.1 Å². The van der Waals surface area contributed by atoms with Gasteiger partial charge >= 0.3 is 0 Å². The molecule has 0 aliphatic rings. The van der Waals surface area contributed by atoms with Crippen LogP contribution in [0.25, 0.3) is 0 Å². The molecule has 0 fully saturated rings. The highest BCUT2D eigenvalue weighted by molar-refractivity contribution is 9.10. The fourth-order valence-electron chi connectivity index (χ4n) is 1.70. The minimum atomic E-state index is -0.450. The van der Waals surface area contributed by atoms with Gasteiger partial charge in [0.25, 0.3) is 0 Å². The summed E-state index contributed by atoms with van der Waals surface area (Å²) in [7, 11) is 1.42. The summed E-state index contributed by atoms with van der Waals surface area (Å²) in [5, 5.41) is 0.155. The Morgan fingerprint density at radius 2 is 1.79 bits per heavy atom. The van der Waals surface area contributed by atoms with Crippen molar-refractivity contribution in [3.8, 4) is 5.75 Å². The van der Waals surface area contributed by atoms with Gasteiger partial charge in [0.05, 0.1) is 17.5 Å². The fraction of sp³-hybridized carbons (Fsp3) is 0.143. The third-order valence-corrected chi connectivity index (χ3v) is 4.42. The molecule has 1 atom stereocenters. The summed E-state index contributed by atoms with van der Waals surface area (Å²) in [6.45, 7) is 0. The summed E-state index contributed by atoms with van der Waals surface area (Å²) in [4.78, 5) is 0. The number of methoxy groups -OCH3 is 1. The highest BCUT2D eigenvalue weighted by Crippen LogP contribution is 2.34. The Bertz CT molecular complexity index is 604. The van der Waals surface area contributed by atoms with E-state index >= 15 is 0 Å². The zero-order chi connectivity index (χ0) is 14.0. The Kier molecular flexibility index (Phi) is 4.71. The SMILES string of the molecule is COc1ccc(C(Cl)c2ccc(Cl)c(Br)c2)cc1F. The lowest BCUT2D eigenvalue weighted by Crippen LogP contribution is -1.96. The number of benzene rings is 2. The lowest BCUT2D eigenvalue weighted by molar-refractivity contribution is 0.386. The van der Waals surface area contributed by atoms with Crippen molar-refractivity contribution in [3.63, 3.8) is 0 Å². The van der Waals surface area contributed by atoms with E-state index in [1.165, 1.54) is 13.2 Å². The fourth-order valence-corrected chi connectivity index (χ4v) is 2.49. The third-order valence-electron chi connectivity index (χ3n) is 2.70. The predicted octanol–water partition coefficient (Wildman–Crippen LogP) is 5.58. The smallest absolute Gasteiger partial charge is 0.165 e. The number of hydrogen-bond acceptors (Lipinski definition) is 1. The van der Waals surface area contributed by atoms with Crippen molar-refractivity contribution in [2.45, 2.75) is 5.38 Å². The molecule has 0 saturated carbocycles. The average molecular weight is 364 g/mol. The van der Waals surface area contributed by atoms with E-state index in [1.807, 2.05) is 12.1 Å². The highest BCUT2D eigenvalue weighted by atomic mass is 79.9. The molecule has 5 heteroatoms.